The van der Waals surface area contributed by atoms with Crippen molar-refractivity contribution in [1.82, 2.24) is 9.78 Å². The number of benzene rings is 3. The van der Waals surface area contributed by atoms with E-state index >= 15 is 0 Å². The average molecular weight is 536 g/mol. The van der Waals surface area contributed by atoms with Crippen molar-refractivity contribution < 1.29 is 32.5 Å². The van der Waals surface area contributed by atoms with Gasteiger partial charge in [0, 0.05) is 11.6 Å². The summed E-state index contributed by atoms with van der Waals surface area (Å²) >= 11 is 0. The largest absolute Gasteiger partial charge is 0.493 e. The van der Waals surface area contributed by atoms with E-state index in [-0.39, 0.29) is 17.1 Å². The van der Waals surface area contributed by atoms with E-state index in [2.05, 4.69) is 15.2 Å². The first-order valence-corrected chi connectivity index (χ1v) is 11.8. The Morgan fingerprint density at radius 2 is 1.54 bits per heavy atom. The van der Waals surface area contributed by atoms with Gasteiger partial charge in [0.1, 0.15) is 5.82 Å². The number of carbonyl (C=O) groups is 1. The first kappa shape index (κ1) is 27.2. The summed E-state index contributed by atoms with van der Waals surface area (Å²) in [4.78, 5) is 13.8. The van der Waals surface area contributed by atoms with Crippen molar-refractivity contribution >= 4 is 23.4 Å². The number of ether oxygens (including phenoxy) is 4. The molecule has 1 aromatic heterocycles. The van der Waals surface area contributed by atoms with Crippen molar-refractivity contribution in [2.24, 2.45) is 0 Å². The third kappa shape index (κ3) is 6.35. The third-order valence-corrected chi connectivity index (χ3v) is 5.73. The number of anilines is 1. The number of hydrogen-bond acceptors (Lipinski definition) is 6. The number of alkyl halides is 2. The minimum atomic E-state index is -3.01. The Morgan fingerprint density at radius 1 is 0.872 bits per heavy atom. The number of aromatic nitrogens is 2. The van der Waals surface area contributed by atoms with Crippen LogP contribution in [0.4, 0.5) is 14.6 Å². The van der Waals surface area contributed by atoms with Gasteiger partial charge in [-0.1, -0.05) is 30.3 Å². The van der Waals surface area contributed by atoms with Gasteiger partial charge in [-0.2, -0.15) is 13.9 Å². The summed E-state index contributed by atoms with van der Waals surface area (Å²) in [6.45, 7) is -1.18. The number of nitrogens with one attached hydrogen (secondary N) is 1. The van der Waals surface area contributed by atoms with Gasteiger partial charge in [0.15, 0.2) is 23.0 Å². The Bertz CT molecular complexity index is 1490. The van der Waals surface area contributed by atoms with Gasteiger partial charge >= 0.3 is 6.61 Å². The van der Waals surface area contributed by atoms with Crippen LogP contribution in [-0.2, 0) is 4.79 Å². The van der Waals surface area contributed by atoms with Crippen LogP contribution in [0.5, 0.6) is 23.0 Å². The topological polar surface area (TPSA) is 83.8 Å². The van der Waals surface area contributed by atoms with E-state index in [0.717, 1.165) is 5.69 Å². The second-order valence-corrected chi connectivity index (χ2v) is 8.29. The van der Waals surface area contributed by atoms with E-state index in [4.69, 9.17) is 14.2 Å². The molecule has 3 aromatic carbocycles. The number of rotatable bonds is 10. The smallest absolute Gasteiger partial charge is 0.387 e. The Kier molecular flexibility index (Phi) is 8.45. The molecule has 4 aromatic rings. The summed E-state index contributed by atoms with van der Waals surface area (Å²) in [6.07, 6.45) is 1.61. The quantitative estimate of drug-likeness (QED) is 0.199. The molecule has 0 bridgehead atoms. The molecule has 8 nitrogen and oxygen atoms in total. The molecule has 0 aliphatic heterocycles. The number of halogens is 2. The van der Waals surface area contributed by atoms with E-state index in [9.17, 15) is 13.6 Å². The van der Waals surface area contributed by atoms with Gasteiger partial charge < -0.3 is 24.3 Å². The van der Waals surface area contributed by atoms with Crippen LogP contribution < -0.4 is 24.3 Å². The third-order valence-electron chi connectivity index (χ3n) is 5.73. The number of amides is 1. The SMILES string of the molecule is COc1ccc(C(=Cc2ccc(OC(F)F)c(OC)c2)C(=O)Nc2cc(C)nn2-c2ccccc2)cc1OC. The predicted octanol–water partition coefficient (Wildman–Crippen LogP) is 5.99. The van der Waals surface area contributed by atoms with Gasteiger partial charge in [-0.25, -0.2) is 4.68 Å². The second-order valence-electron chi connectivity index (χ2n) is 8.29. The van der Waals surface area contributed by atoms with Crippen molar-refractivity contribution in [2.45, 2.75) is 13.5 Å². The van der Waals surface area contributed by atoms with Crippen molar-refractivity contribution in [3.8, 4) is 28.7 Å². The fraction of sp³-hybridized carbons (Fsp3) is 0.172. The lowest BCUT2D eigenvalue weighted by Crippen LogP contribution is -2.16. The zero-order valence-electron chi connectivity index (χ0n) is 21.8. The monoisotopic (exact) mass is 535 g/mol. The molecule has 1 N–H and O–H groups in total. The van der Waals surface area contributed by atoms with E-state index < -0.39 is 12.5 Å². The molecule has 4 rings (SSSR count). The summed E-state index contributed by atoms with van der Waals surface area (Å²) in [6, 6.07) is 20.7. The maximum Gasteiger partial charge on any atom is 0.387 e. The molecule has 0 saturated carbocycles. The molecule has 0 saturated heterocycles. The van der Waals surface area contributed by atoms with Gasteiger partial charge in [0.2, 0.25) is 0 Å². The van der Waals surface area contributed by atoms with Gasteiger partial charge in [0.05, 0.1) is 32.7 Å². The maximum atomic E-state index is 13.8. The van der Waals surface area contributed by atoms with Gasteiger partial charge in [-0.05, 0) is 60.5 Å². The van der Waals surface area contributed by atoms with Crippen LogP contribution in [0.15, 0.2) is 72.8 Å². The molecule has 0 spiro atoms. The van der Waals surface area contributed by atoms with Crippen LogP contribution in [0.25, 0.3) is 17.3 Å². The molecule has 0 radical (unpaired) electrons. The summed E-state index contributed by atoms with van der Waals surface area (Å²) in [5.41, 5.74) is 2.79. The summed E-state index contributed by atoms with van der Waals surface area (Å²) < 4.78 is 47.8. The molecule has 202 valence electrons. The molecule has 0 fully saturated rings. The van der Waals surface area contributed by atoms with Crippen LogP contribution in [0, 0.1) is 6.92 Å². The lowest BCUT2D eigenvalue weighted by atomic mass is 10.0. The lowest BCUT2D eigenvalue weighted by molar-refractivity contribution is -0.111. The summed E-state index contributed by atoms with van der Waals surface area (Å²) in [5, 5.41) is 7.46. The molecule has 0 aliphatic carbocycles. The number of carbonyl (C=O) groups excluding carboxylic acids is 1. The zero-order chi connectivity index (χ0) is 27.9. The predicted molar refractivity (Wildman–Crippen MR) is 144 cm³/mol. The normalized spacial score (nSPS) is 11.3. The average Bonchev–Trinajstić information content (AvgIpc) is 3.31. The van der Waals surface area contributed by atoms with Crippen molar-refractivity contribution in [3.05, 3.63) is 89.6 Å². The van der Waals surface area contributed by atoms with Gasteiger partial charge in [-0.15, -0.1) is 0 Å². The van der Waals surface area contributed by atoms with Crippen LogP contribution in [0.1, 0.15) is 16.8 Å². The Morgan fingerprint density at radius 3 is 2.21 bits per heavy atom. The number of para-hydroxylation sites is 1. The molecular weight excluding hydrogens is 508 g/mol. The standard InChI is InChI=1S/C29H27F2N3O5/c1-18-14-27(34(33-18)21-8-6-5-7-9-21)32-28(35)22(20-11-13-23(36-2)26(17-20)38-4)15-19-10-12-24(39-29(30)31)25(16-19)37-3/h5-17,29H,1-4H3,(H,32,35). The van der Waals surface area contributed by atoms with Crippen molar-refractivity contribution in [1.29, 1.82) is 0 Å². The first-order valence-electron chi connectivity index (χ1n) is 11.8. The van der Waals surface area contributed by atoms with Crippen LogP contribution in [-0.4, -0.2) is 43.6 Å². The fourth-order valence-electron chi connectivity index (χ4n) is 3.96. The summed E-state index contributed by atoms with van der Waals surface area (Å²) in [5.74, 6) is 0.920. The Hall–Kier alpha value is -4.86. The second kappa shape index (κ2) is 12.1. The number of nitrogens with zero attached hydrogens (tertiary/aromatic N) is 2. The van der Waals surface area contributed by atoms with Crippen LogP contribution in [0.3, 0.4) is 0 Å². The Labute approximate surface area is 224 Å². The van der Waals surface area contributed by atoms with Crippen LogP contribution in [0.2, 0.25) is 0 Å². The van der Waals surface area contributed by atoms with Gasteiger partial charge in [-0.3, -0.25) is 4.79 Å². The molecular formula is C29H27F2N3O5. The fourth-order valence-corrected chi connectivity index (χ4v) is 3.96. The first-order chi connectivity index (χ1) is 18.8. The molecule has 10 heteroatoms. The zero-order valence-corrected chi connectivity index (χ0v) is 21.8. The Balaban J connectivity index is 1.79. The highest BCUT2D eigenvalue weighted by molar-refractivity contribution is 6.29. The van der Waals surface area contributed by atoms with Crippen LogP contribution >= 0.6 is 0 Å². The molecule has 1 heterocycles. The highest BCUT2D eigenvalue weighted by atomic mass is 19.3. The molecule has 1 amide bonds. The van der Waals surface area contributed by atoms with Crippen molar-refractivity contribution in [3.63, 3.8) is 0 Å². The molecule has 39 heavy (non-hydrogen) atoms. The molecule has 0 aliphatic rings. The molecule has 0 unspecified atom stereocenters. The van der Waals surface area contributed by atoms with E-state index in [1.807, 2.05) is 37.3 Å². The number of aryl methyl sites for hydroxylation is 1. The minimum Gasteiger partial charge on any atom is -0.493 e. The number of methoxy groups -OCH3 is 3. The lowest BCUT2D eigenvalue weighted by Gasteiger charge is -2.14. The number of hydrogen-bond donors (Lipinski definition) is 1. The van der Waals surface area contributed by atoms with E-state index in [0.29, 0.717) is 34.1 Å². The van der Waals surface area contributed by atoms with Crippen molar-refractivity contribution in [2.75, 3.05) is 26.6 Å². The van der Waals surface area contributed by atoms with E-state index in [1.54, 1.807) is 41.1 Å². The molecule has 0 atom stereocenters. The maximum absolute atomic E-state index is 13.8. The minimum absolute atomic E-state index is 0.0916. The highest BCUT2D eigenvalue weighted by Crippen LogP contribution is 2.34. The van der Waals surface area contributed by atoms with E-state index in [1.165, 1.54) is 33.5 Å². The summed E-state index contributed by atoms with van der Waals surface area (Å²) in [7, 11) is 4.36. The van der Waals surface area contributed by atoms with Gasteiger partial charge in [0.25, 0.3) is 5.91 Å². The highest BCUT2D eigenvalue weighted by Gasteiger charge is 2.19.